The maximum Gasteiger partial charge on any atom is 0.125 e. The van der Waals surface area contributed by atoms with Gasteiger partial charge in [0.05, 0.1) is 23.5 Å². The summed E-state index contributed by atoms with van der Waals surface area (Å²) in [6.45, 7) is 0. The molecule has 0 heterocycles. The summed E-state index contributed by atoms with van der Waals surface area (Å²) in [7, 11) is 1.87. The van der Waals surface area contributed by atoms with Gasteiger partial charge in [-0.1, -0.05) is 12.8 Å². The SMILES string of the molecule is CN(c1cc(F)ccc1N)C1CCCCC1O. The van der Waals surface area contributed by atoms with Crippen molar-refractivity contribution in [2.24, 2.45) is 0 Å². The molecule has 3 N–H and O–H groups in total. The number of likely N-dealkylation sites (N-methyl/N-ethyl adjacent to an activating group) is 1. The van der Waals surface area contributed by atoms with Crippen LogP contribution in [-0.2, 0) is 0 Å². The van der Waals surface area contributed by atoms with Crippen LogP contribution in [0.3, 0.4) is 0 Å². The number of nitrogens with two attached hydrogens (primary N) is 1. The highest BCUT2D eigenvalue weighted by Crippen LogP contribution is 2.30. The van der Waals surface area contributed by atoms with Gasteiger partial charge in [0, 0.05) is 7.05 Å². The minimum Gasteiger partial charge on any atom is -0.397 e. The van der Waals surface area contributed by atoms with Crippen molar-refractivity contribution >= 4 is 11.4 Å². The number of nitrogen functional groups attached to an aromatic ring is 1. The fourth-order valence-electron chi connectivity index (χ4n) is 2.54. The third-order valence-corrected chi connectivity index (χ3v) is 3.56. The van der Waals surface area contributed by atoms with Gasteiger partial charge in [0.1, 0.15) is 5.82 Å². The molecule has 0 spiro atoms. The number of aliphatic hydroxyl groups excluding tert-OH is 1. The molecular weight excluding hydrogens is 219 g/mol. The minimum atomic E-state index is -0.351. The van der Waals surface area contributed by atoms with E-state index in [0.717, 1.165) is 25.7 Å². The number of nitrogens with zero attached hydrogens (tertiary/aromatic N) is 1. The number of benzene rings is 1. The standard InChI is InChI=1S/C13H19FN2O/c1-16(11-4-2-3-5-13(11)17)12-8-9(14)6-7-10(12)15/h6-8,11,13,17H,2-5,15H2,1H3. The highest BCUT2D eigenvalue weighted by Gasteiger charge is 2.27. The van der Waals surface area contributed by atoms with E-state index in [-0.39, 0.29) is 18.0 Å². The molecule has 4 heteroatoms. The van der Waals surface area contributed by atoms with Gasteiger partial charge in [0.2, 0.25) is 0 Å². The molecule has 3 nitrogen and oxygen atoms in total. The summed E-state index contributed by atoms with van der Waals surface area (Å²) in [4.78, 5) is 1.90. The first-order valence-electron chi connectivity index (χ1n) is 6.05. The second-order valence-corrected chi connectivity index (χ2v) is 4.73. The fraction of sp³-hybridized carbons (Fsp3) is 0.538. The monoisotopic (exact) mass is 238 g/mol. The van der Waals surface area contributed by atoms with Crippen LogP contribution in [0.2, 0.25) is 0 Å². The lowest BCUT2D eigenvalue weighted by Crippen LogP contribution is -2.43. The molecular formula is C13H19FN2O. The maximum absolute atomic E-state index is 13.2. The fourth-order valence-corrected chi connectivity index (χ4v) is 2.54. The van der Waals surface area contributed by atoms with E-state index in [4.69, 9.17) is 5.73 Å². The Balaban J connectivity index is 2.23. The number of aliphatic hydroxyl groups is 1. The number of hydrogen-bond acceptors (Lipinski definition) is 3. The average molecular weight is 238 g/mol. The van der Waals surface area contributed by atoms with E-state index in [0.29, 0.717) is 11.4 Å². The molecule has 0 bridgehead atoms. The predicted molar refractivity (Wildman–Crippen MR) is 67.5 cm³/mol. The van der Waals surface area contributed by atoms with Gasteiger partial charge in [0.15, 0.2) is 0 Å². The Kier molecular flexibility index (Phi) is 3.52. The van der Waals surface area contributed by atoms with E-state index < -0.39 is 0 Å². The van der Waals surface area contributed by atoms with E-state index in [1.54, 1.807) is 6.07 Å². The summed E-state index contributed by atoms with van der Waals surface area (Å²) in [6, 6.07) is 4.38. The summed E-state index contributed by atoms with van der Waals surface area (Å²) < 4.78 is 13.2. The highest BCUT2D eigenvalue weighted by molar-refractivity contribution is 5.67. The van der Waals surface area contributed by atoms with Crippen LogP contribution in [0.4, 0.5) is 15.8 Å². The quantitative estimate of drug-likeness (QED) is 0.776. The molecule has 1 saturated carbocycles. The average Bonchev–Trinajstić information content (AvgIpc) is 2.32. The van der Waals surface area contributed by atoms with Crippen LogP contribution >= 0.6 is 0 Å². The van der Waals surface area contributed by atoms with E-state index >= 15 is 0 Å². The smallest absolute Gasteiger partial charge is 0.125 e. The topological polar surface area (TPSA) is 49.5 Å². The van der Waals surface area contributed by atoms with Crippen molar-refractivity contribution in [2.75, 3.05) is 17.7 Å². The Labute approximate surface area is 101 Å². The van der Waals surface area contributed by atoms with E-state index in [1.165, 1.54) is 12.1 Å². The van der Waals surface area contributed by atoms with Crippen molar-refractivity contribution in [2.45, 2.75) is 37.8 Å². The molecule has 17 heavy (non-hydrogen) atoms. The Morgan fingerprint density at radius 1 is 1.35 bits per heavy atom. The van der Waals surface area contributed by atoms with Gasteiger partial charge in [-0.15, -0.1) is 0 Å². The highest BCUT2D eigenvalue weighted by atomic mass is 19.1. The zero-order chi connectivity index (χ0) is 12.4. The summed E-state index contributed by atoms with van der Waals surface area (Å²) in [5, 5.41) is 9.98. The van der Waals surface area contributed by atoms with Gasteiger partial charge in [-0.05, 0) is 31.0 Å². The van der Waals surface area contributed by atoms with Gasteiger partial charge < -0.3 is 15.7 Å². The van der Waals surface area contributed by atoms with Crippen LogP contribution in [0.1, 0.15) is 25.7 Å². The van der Waals surface area contributed by atoms with Crippen LogP contribution in [0.15, 0.2) is 18.2 Å². The van der Waals surface area contributed by atoms with Crippen LogP contribution in [0.25, 0.3) is 0 Å². The second-order valence-electron chi connectivity index (χ2n) is 4.73. The molecule has 0 radical (unpaired) electrons. The third kappa shape index (κ3) is 2.52. The predicted octanol–water partition coefficient (Wildman–Crippen LogP) is 2.15. The Hall–Kier alpha value is -1.29. The van der Waals surface area contributed by atoms with Gasteiger partial charge in [-0.3, -0.25) is 0 Å². The zero-order valence-corrected chi connectivity index (χ0v) is 10.1. The first-order valence-corrected chi connectivity index (χ1v) is 6.05. The molecule has 1 aliphatic rings. The van der Waals surface area contributed by atoms with Gasteiger partial charge in [0.25, 0.3) is 0 Å². The zero-order valence-electron chi connectivity index (χ0n) is 10.1. The van der Waals surface area contributed by atoms with Crippen LogP contribution in [0.5, 0.6) is 0 Å². The van der Waals surface area contributed by atoms with Gasteiger partial charge in [-0.2, -0.15) is 0 Å². The van der Waals surface area contributed by atoms with Crippen LogP contribution in [-0.4, -0.2) is 24.3 Å². The van der Waals surface area contributed by atoms with Crippen molar-refractivity contribution in [3.63, 3.8) is 0 Å². The molecule has 0 amide bonds. The number of halogens is 1. The molecule has 0 aromatic heterocycles. The molecule has 1 aliphatic carbocycles. The minimum absolute atomic E-state index is 0.0350. The molecule has 1 fully saturated rings. The van der Waals surface area contributed by atoms with E-state index in [2.05, 4.69) is 0 Å². The molecule has 0 saturated heterocycles. The normalized spacial score (nSPS) is 24.6. The van der Waals surface area contributed by atoms with E-state index in [9.17, 15) is 9.50 Å². The van der Waals surface area contributed by atoms with Crippen molar-refractivity contribution in [1.29, 1.82) is 0 Å². The summed E-state index contributed by atoms with van der Waals surface area (Å²) in [6.07, 6.45) is 3.54. The second kappa shape index (κ2) is 4.92. The number of anilines is 2. The molecule has 94 valence electrons. The first kappa shape index (κ1) is 12.2. The van der Waals surface area contributed by atoms with Crippen molar-refractivity contribution < 1.29 is 9.50 Å². The van der Waals surface area contributed by atoms with Crippen molar-refractivity contribution in [3.8, 4) is 0 Å². The van der Waals surface area contributed by atoms with Crippen molar-refractivity contribution in [3.05, 3.63) is 24.0 Å². The summed E-state index contributed by atoms with van der Waals surface area (Å²) in [5.41, 5.74) is 7.06. The number of rotatable bonds is 2. The Morgan fingerprint density at radius 2 is 2.06 bits per heavy atom. The molecule has 0 aliphatic heterocycles. The summed E-state index contributed by atoms with van der Waals surface area (Å²) >= 11 is 0. The largest absolute Gasteiger partial charge is 0.397 e. The van der Waals surface area contributed by atoms with Crippen LogP contribution < -0.4 is 10.6 Å². The molecule has 1 aromatic rings. The first-order chi connectivity index (χ1) is 8.09. The Bertz CT molecular complexity index is 397. The Morgan fingerprint density at radius 3 is 2.76 bits per heavy atom. The lowest BCUT2D eigenvalue weighted by atomic mass is 9.91. The molecule has 2 unspecified atom stereocenters. The van der Waals surface area contributed by atoms with Crippen LogP contribution in [0, 0.1) is 5.82 Å². The molecule has 2 rings (SSSR count). The molecule has 2 atom stereocenters. The number of hydrogen-bond donors (Lipinski definition) is 2. The summed E-state index contributed by atoms with van der Waals surface area (Å²) in [5.74, 6) is -0.300. The third-order valence-electron chi connectivity index (χ3n) is 3.56. The lowest BCUT2D eigenvalue weighted by molar-refractivity contribution is 0.106. The molecule has 1 aromatic carbocycles. The van der Waals surface area contributed by atoms with Gasteiger partial charge >= 0.3 is 0 Å². The lowest BCUT2D eigenvalue weighted by Gasteiger charge is -2.37. The van der Waals surface area contributed by atoms with Gasteiger partial charge in [-0.25, -0.2) is 4.39 Å². The maximum atomic E-state index is 13.2. The van der Waals surface area contributed by atoms with E-state index in [1.807, 2.05) is 11.9 Å². The van der Waals surface area contributed by atoms with Crippen molar-refractivity contribution in [1.82, 2.24) is 0 Å².